The Balaban J connectivity index is 1.80. The van der Waals surface area contributed by atoms with Gasteiger partial charge >= 0.3 is 0 Å². The Morgan fingerprint density at radius 2 is 1.87 bits per heavy atom. The largest absolute Gasteiger partial charge is 0.490 e. The van der Waals surface area contributed by atoms with Gasteiger partial charge in [0, 0.05) is 6.54 Å². The highest BCUT2D eigenvalue weighted by molar-refractivity contribution is 5.34. The maximum atomic E-state index is 5.82. The van der Waals surface area contributed by atoms with Crippen LogP contribution < -0.4 is 14.8 Å². The van der Waals surface area contributed by atoms with Gasteiger partial charge in [-0.05, 0) is 42.3 Å². The van der Waals surface area contributed by atoms with Crippen LogP contribution in [0.1, 0.15) is 18.1 Å². The van der Waals surface area contributed by atoms with Crippen LogP contribution in [-0.4, -0.2) is 19.8 Å². The highest BCUT2D eigenvalue weighted by Gasteiger charge is 2.02. The van der Waals surface area contributed by atoms with Crippen LogP contribution >= 0.6 is 0 Å². The summed E-state index contributed by atoms with van der Waals surface area (Å²) in [5.41, 5.74) is 2.37. The van der Waals surface area contributed by atoms with Gasteiger partial charge in [-0.2, -0.15) is 0 Å². The zero-order chi connectivity index (χ0) is 16.3. The minimum Gasteiger partial charge on any atom is -0.490 e. The molecule has 0 radical (unpaired) electrons. The fourth-order valence-electron chi connectivity index (χ4n) is 2.29. The van der Waals surface area contributed by atoms with Crippen molar-refractivity contribution in [3.63, 3.8) is 0 Å². The molecule has 0 aliphatic heterocycles. The summed E-state index contributed by atoms with van der Waals surface area (Å²) < 4.78 is 11.6. The average Bonchev–Trinajstić information content (AvgIpc) is 2.59. The first-order valence-electron chi connectivity index (χ1n) is 8.07. The van der Waals surface area contributed by atoms with Crippen molar-refractivity contribution in [1.82, 2.24) is 5.32 Å². The molecule has 0 bridgehead atoms. The van der Waals surface area contributed by atoms with E-state index in [9.17, 15) is 0 Å². The lowest BCUT2D eigenvalue weighted by atomic mass is 10.1. The molecule has 0 heterocycles. The fourth-order valence-corrected chi connectivity index (χ4v) is 2.29. The summed E-state index contributed by atoms with van der Waals surface area (Å²) in [6.45, 7) is 8.74. The smallest absolute Gasteiger partial charge is 0.122 e. The molecular weight excluding hydrogens is 286 g/mol. The van der Waals surface area contributed by atoms with Crippen LogP contribution in [0.5, 0.6) is 11.5 Å². The summed E-state index contributed by atoms with van der Waals surface area (Å²) in [5.74, 6) is 1.78. The first-order valence-corrected chi connectivity index (χ1v) is 8.07. The summed E-state index contributed by atoms with van der Waals surface area (Å²) >= 11 is 0. The molecule has 122 valence electrons. The molecule has 0 atom stereocenters. The van der Waals surface area contributed by atoms with E-state index in [1.807, 2.05) is 36.4 Å². The first-order chi connectivity index (χ1) is 11.3. The second-order valence-electron chi connectivity index (χ2n) is 5.23. The number of ether oxygens (including phenoxy) is 2. The monoisotopic (exact) mass is 311 g/mol. The number of para-hydroxylation sites is 1. The third-order valence-electron chi connectivity index (χ3n) is 3.42. The van der Waals surface area contributed by atoms with Crippen LogP contribution in [0.15, 0.2) is 61.2 Å². The summed E-state index contributed by atoms with van der Waals surface area (Å²) in [6.07, 6.45) is 2.69. The molecule has 3 heteroatoms. The fraction of sp³-hybridized carbons (Fsp3) is 0.300. The molecule has 0 aliphatic carbocycles. The number of nitrogens with one attached hydrogen (secondary N) is 1. The maximum absolute atomic E-state index is 5.82. The molecule has 0 saturated carbocycles. The minimum absolute atomic E-state index is 0.519. The van der Waals surface area contributed by atoms with Crippen LogP contribution in [-0.2, 0) is 13.0 Å². The predicted octanol–water partition coefficient (Wildman–Crippen LogP) is 3.98. The van der Waals surface area contributed by atoms with Crippen molar-refractivity contribution in [3.05, 3.63) is 72.3 Å². The minimum atomic E-state index is 0.519. The van der Waals surface area contributed by atoms with E-state index in [0.717, 1.165) is 36.6 Å². The van der Waals surface area contributed by atoms with Gasteiger partial charge in [0.2, 0.25) is 0 Å². The Morgan fingerprint density at radius 1 is 1.04 bits per heavy atom. The number of allylic oxidation sites excluding steroid dienone is 1. The maximum Gasteiger partial charge on any atom is 0.122 e. The molecule has 0 spiro atoms. The number of rotatable bonds is 10. The quantitative estimate of drug-likeness (QED) is 0.532. The van der Waals surface area contributed by atoms with Crippen molar-refractivity contribution >= 4 is 0 Å². The Labute approximate surface area is 138 Å². The molecule has 0 fully saturated rings. The standard InChI is InChI=1S/C20H25NO2/c1-3-8-18-10-5-6-12-20(18)23-14-13-22-19-11-7-9-17(15-19)16-21-4-2/h3,5-7,9-12,15,21H,1,4,8,13-14,16H2,2H3. The third kappa shape index (κ3) is 5.80. The van der Waals surface area contributed by atoms with Crippen molar-refractivity contribution < 1.29 is 9.47 Å². The van der Waals surface area contributed by atoms with Gasteiger partial charge in [-0.3, -0.25) is 0 Å². The number of hydrogen-bond donors (Lipinski definition) is 1. The van der Waals surface area contributed by atoms with Crippen molar-refractivity contribution in [2.24, 2.45) is 0 Å². The zero-order valence-electron chi connectivity index (χ0n) is 13.8. The molecule has 0 saturated heterocycles. The molecule has 2 rings (SSSR count). The highest BCUT2D eigenvalue weighted by Crippen LogP contribution is 2.19. The molecule has 0 aromatic heterocycles. The van der Waals surface area contributed by atoms with Crippen LogP contribution in [0.3, 0.4) is 0 Å². The zero-order valence-corrected chi connectivity index (χ0v) is 13.8. The van der Waals surface area contributed by atoms with Gasteiger partial charge in [0.25, 0.3) is 0 Å². The summed E-state index contributed by atoms with van der Waals surface area (Å²) in [5, 5.41) is 3.31. The molecule has 0 unspecified atom stereocenters. The normalized spacial score (nSPS) is 10.3. The number of benzene rings is 2. The molecule has 1 N–H and O–H groups in total. The van der Waals surface area contributed by atoms with Crippen LogP contribution in [0.2, 0.25) is 0 Å². The second-order valence-corrected chi connectivity index (χ2v) is 5.23. The van der Waals surface area contributed by atoms with Crippen LogP contribution in [0, 0.1) is 0 Å². The van der Waals surface area contributed by atoms with Crippen molar-refractivity contribution in [3.8, 4) is 11.5 Å². The van der Waals surface area contributed by atoms with E-state index < -0.39 is 0 Å². The molecule has 23 heavy (non-hydrogen) atoms. The average molecular weight is 311 g/mol. The van der Waals surface area contributed by atoms with Gasteiger partial charge in [0.05, 0.1) is 0 Å². The second kappa shape index (κ2) is 9.70. The van der Waals surface area contributed by atoms with E-state index in [-0.39, 0.29) is 0 Å². The number of hydrogen-bond acceptors (Lipinski definition) is 3. The first kappa shape index (κ1) is 17.1. The van der Waals surface area contributed by atoms with E-state index in [1.165, 1.54) is 5.56 Å². The van der Waals surface area contributed by atoms with E-state index in [0.29, 0.717) is 13.2 Å². The van der Waals surface area contributed by atoms with Gasteiger partial charge in [0.1, 0.15) is 24.7 Å². The van der Waals surface area contributed by atoms with E-state index in [2.05, 4.69) is 37.0 Å². The van der Waals surface area contributed by atoms with E-state index in [4.69, 9.17) is 9.47 Å². The molecule has 0 aliphatic rings. The summed E-state index contributed by atoms with van der Waals surface area (Å²) in [7, 11) is 0. The Bertz CT molecular complexity index is 610. The van der Waals surface area contributed by atoms with E-state index in [1.54, 1.807) is 0 Å². The summed E-state index contributed by atoms with van der Waals surface area (Å²) in [6, 6.07) is 16.2. The lowest BCUT2D eigenvalue weighted by molar-refractivity contribution is 0.216. The van der Waals surface area contributed by atoms with Gasteiger partial charge < -0.3 is 14.8 Å². The molecule has 3 nitrogen and oxygen atoms in total. The highest BCUT2D eigenvalue weighted by atomic mass is 16.5. The predicted molar refractivity (Wildman–Crippen MR) is 95.2 cm³/mol. The van der Waals surface area contributed by atoms with Crippen molar-refractivity contribution in [1.29, 1.82) is 0 Å². The molecular formula is C20H25NO2. The lowest BCUT2D eigenvalue weighted by Gasteiger charge is -2.12. The van der Waals surface area contributed by atoms with Crippen LogP contribution in [0.25, 0.3) is 0 Å². The molecule has 0 amide bonds. The van der Waals surface area contributed by atoms with Gasteiger partial charge in [-0.15, -0.1) is 6.58 Å². The van der Waals surface area contributed by atoms with Gasteiger partial charge in [0.15, 0.2) is 0 Å². The van der Waals surface area contributed by atoms with Crippen molar-refractivity contribution in [2.75, 3.05) is 19.8 Å². The van der Waals surface area contributed by atoms with Gasteiger partial charge in [-0.1, -0.05) is 43.3 Å². The Morgan fingerprint density at radius 3 is 2.70 bits per heavy atom. The van der Waals surface area contributed by atoms with Crippen LogP contribution in [0.4, 0.5) is 0 Å². The molecule has 2 aromatic rings. The lowest BCUT2D eigenvalue weighted by Crippen LogP contribution is -2.12. The molecule has 2 aromatic carbocycles. The topological polar surface area (TPSA) is 30.5 Å². The van der Waals surface area contributed by atoms with Gasteiger partial charge in [-0.25, -0.2) is 0 Å². The SMILES string of the molecule is C=CCc1ccccc1OCCOc1cccc(CNCC)c1. The Kier molecular flexibility index (Phi) is 7.21. The van der Waals surface area contributed by atoms with E-state index >= 15 is 0 Å². The Hall–Kier alpha value is -2.26. The summed E-state index contributed by atoms with van der Waals surface area (Å²) in [4.78, 5) is 0. The third-order valence-corrected chi connectivity index (χ3v) is 3.42. The van der Waals surface area contributed by atoms with Crippen molar-refractivity contribution in [2.45, 2.75) is 19.9 Å².